The summed E-state index contributed by atoms with van der Waals surface area (Å²) < 4.78 is 26.9. The van der Waals surface area contributed by atoms with Crippen molar-refractivity contribution in [1.82, 2.24) is 5.32 Å². The van der Waals surface area contributed by atoms with Gasteiger partial charge in [-0.1, -0.05) is 206 Å². The topological polar surface area (TPSA) is 131 Å². The van der Waals surface area contributed by atoms with E-state index in [0.29, 0.717) is 12.8 Å². The quantitative estimate of drug-likeness (QED) is 0.0317. The van der Waals surface area contributed by atoms with Crippen molar-refractivity contribution in [3.63, 3.8) is 0 Å². The molecular formula is C43H86NO8P. The third-order valence-corrected chi connectivity index (χ3v) is 11.0. The molecule has 3 N–H and O–H groups in total. The number of unbranched alkanes of at least 4 members (excludes halogenated alkanes) is 30. The molecule has 0 aliphatic heterocycles. The van der Waals surface area contributed by atoms with E-state index in [9.17, 15) is 24.2 Å². The highest BCUT2D eigenvalue weighted by molar-refractivity contribution is 7.47. The number of nitrogens with one attached hydrogen (secondary N) is 1. The van der Waals surface area contributed by atoms with E-state index >= 15 is 0 Å². The van der Waals surface area contributed by atoms with Crippen LogP contribution in [0.4, 0.5) is 0 Å². The Hall–Kier alpha value is -0.990. The minimum Gasteiger partial charge on any atom is -0.463 e. The second-order valence-corrected chi connectivity index (χ2v) is 16.8. The monoisotopic (exact) mass is 776 g/mol. The van der Waals surface area contributed by atoms with Gasteiger partial charge >= 0.3 is 13.8 Å². The van der Waals surface area contributed by atoms with Gasteiger partial charge in [0.1, 0.15) is 12.7 Å². The van der Waals surface area contributed by atoms with Gasteiger partial charge in [-0.2, -0.15) is 0 Å². The Morgan fingerprint density at radius 1 is 0.509 bits per heavy atom. The summed E-state index contributed by atoms with van der Waals surface area (Å²) in [7, 11) is -4.41. The van der Waals surface area contributed by atoms with E-state index in [1.54, 1.807) is 0 Å². The van der Waals surface area contributed by atoms with Crippen LogP contribution in [0.5, 0.6) is 0 Å². The number of amides is 1. The highest BCUT2D eigenvalue weighted by atomic mass is 31.2. The van der Waals surface area contributed by atoms with Crippen molar-refractivity contribution >= 4 is 19.7 Å². The lowest BCUT2D eigenvalue weighted by atomic mass is 10.0. The first-order valence-corrected chi connectivity index (χ1v) is 24.0. The van der Waals surface area contributed by atoms with Gasteiger partial charge in [0.25, 0.3) is 0 Å². The lowest BCUT2D eigenvalue weighted by Crippen LogP contribution is -2.27. The molecule has 0 spiro atoms. The molecule has 0 heterocycles. The summed E-state index contributed by atoms with van der Waals surface area (Å²) in [5.41, 5.74) is 0. The zero-order valence-electron chi connectivity index (χ0n) is 34.7. The van der Waals surface area contributed by atoms with Crippen LogP contribution >= 0.6 is 7.82 Å². The van der Waals surface area contributed by atoms with Crippen LogP contribution in [-0.4, -0.2) is 54.3 Å². The Bertz CT molecular complexity index is 845. The van der Waals surface area contributed by atoms with Crippen LogP contribution in [0.25, 0.3) is 0 Å². The van der Waals surface area contributed by atoms with Gasteiger partial charge in [-0.3, -0.25) is 18.6 Å². The second kappa shape index (κ2) is 40.7. The van der Waals surface area contributed by atoms with Crippen LogP contribution < -0.4 is 5.32 Å². The van der Waals surface area contributed by atoms with E-state index in [1.807, 2.05) is 0 Å². The summed E-state index contributed by atoms with van der Waals surface area (Å²) in [6.07, 6.45) is 40.4. The average molecular weight is 776 g/mol. The third-order valence-electron chi connectivity index (χ3n) is 10.0. The molecule has 0 bridgehead atoms. The fourth-order valence-electron chi connectivity index (χ4n) is 6.62. The number of esters is 1. The van der Waals surface area contributed by atoms with E-state index in [0.717, 1.165) is 38.5 Å². The maximum atomic E-state index is 12.1. The van der Waals surface area contributed by atoms with E-state index < -0.39 is 26.5 Å². The maximum absolute atomic E-state index is 12.1. The second-order valence-electron chi connectivity index (χ2n) is 15.4. The number of rotatable bonds is 43. The summed E-state index contributed by atoms with van der Waals surface area (Å²) in [6, 6.07) is 0. The SMILES string of the molecule is CCCCCCCCCCCCCCCCCCCCCCC(=O)OCC(O)COP(=O)(O)OCCNC(=O)CCCCCCCCCCCCCC. The Morgan fingerprint density at radius 3 is 1.23 bits per heavy atom. The van der Waals surface area contributed by atoms with E-state index in [2.05, 4.69) is 19.2 Å². The van der Waals surface area contributed by atoms with Crippen molar-refractivity contribution in [2.75, 3.05) is 26.4 Å². The third kappa shape index (κ3) is 42.0. The molecule has 10 heteroatoms. The number of carbonyl (C=O) groups excluding carboxylic acids is 2. The van der Waals surface area contributed by atoms with E-state index in [-0.39, 0.29) is 25.7 Å². The van der Waals surface area contributed by atoms with Crippen LogP contribution in [0.3, 0.4) is 0 Å². The molecule has 9 nitrogen and oxygen atoms in total. The average Bonchev–Trinajstić information content (AvgIpc) is 3.14. The predicted molar refractivity (Wildman–Crippen MR) is 220 cm³/mol. The Balaban J connectivity index is 3.53. The largest absolute Gasteiger partial charge is 0.472 e. The van der Waals surface area contributed by atoms with Crippen LogP contribution in [0.2, 0.25) is 0 Å². The number of carbonyl (C=O) groups is 2. The van der Waals surface area contributed by atoms with Crippen LogP contribution in [0, 0.1) is 0 Å². The highest BCUT2D eigenvalue weighted by Crippen LogP contribution is 2.42. The number of aliphatic hydroxyl groups excluding tert-OH is 1. The van der Waals surface area contributed by atoms with E-state index in [1.165, 1.54) is 167 Å². The lowest BCUT2D eigenvalue weighted by Gasteiger charge is -2.15. The van der Waals surface area contributed by atoms with Crippen molar-refractivity contribution < 1.29 is 37.9 Å². The fraction of sp³-hybridized carbons (Fsp3) is 0.953. The summed E-state index contributed by atoms with van der Waals surface area (Å²) in [5, 5.41) is 12.7. The van der Waals surface area contributed by atoms with Gasteiger partial charge in [0.15, 0.2) is 0 Å². The van der Waals surface area contributed by atoms with Crippen molar-refractivity contribution in [1.29, 1.82) is 0 Å². The first-order chi connectivity index (χ1) is 25.8. The standard InChI is InChI=1S/C43H86NO8P/c1-3-5-7-9-11-13-15-17-18-19-20-21-22-23-24-26-28-30-32-34-36-43(47)50-39-41(45)40-52-53(48,49)51-38-37-44-42(46)35-33-31-29-27-25-16-14-12-10-8-6-4-2/h41,45H,3-40H2,1-2H3,(H,44,46)(H,48,49). The Morgan fingerprint density at radius 2 is 0.849 bits per heavy atom. The lowest BCUT2D eigenvalue weighted by molar-refractivity contribution is -0.147. The number of hydrogen-bond acceptors (Lipinski definition) is 7. The minimum absolute atomic E-state index is 0.0880. The van der Waals surface area contributed by atoms with Gasteiger partial charge in [-0.25, -0.2) is 4.57 Å². The Labute approximate surface area is 326 Å². The smallest absolute Gasteiger partial charge is 0.463 e. The highest BCUT2D eigenvalue weighted by Gasteiger charge is 2.23. The molecular weight excluding hydrogens is 689 g/mol. The molecule has 0 saturated carbocycles. The molecule has 0 aliphatic carbocycles. The Kier molecular flexibility index (Phi) is 39.9. The molecule has 0 fully saturated rings. The van der Waals surface area contributed by atoms with Crippen molar-refractivity contribution in [2.24, 2.45) is 0 Å². The molecule has 0 rings (SSSR count). The molecule has 0 aromatic rings. The summed E-state index contributed by atoms with van der Waals surface area (Å²) in [5.74, 6) is -0.504. The number of aliphatic hydroxyl groups is 1. The van der Waals surface area contributed by atoms with Gasteiger partial charge in [-0.15, -0.1) is 0 Å². The molecule has 2 atom stereocenters. The molecule has 1 amide bonds. The molecule has 316 valence electrons. The van der Waals surface area contributed by atoms with Crippen molar-refractivity contribution in [3.05, 3.63) is 0 Å². The predicted octanol–water partition coefficient (Wildman–Crippen LogP) is 12.4. The zero-order valence-corrected chi connectivity index (χ0v) is 35.6. The summed E-state index contributed by atoms with van der Waals surface area (Å²) >= 11 is 0. The zero-order chi connectivity index (χ0) is 38.9. The van der Waals surface area contributed by atoms with Crippen LogP contribution in [0.15, 0.2) is 0 Å². The van der Waals surface area contributed by atoms with Gasteiger partial charge in [-0.05, 0) is 12.8 Å². The van der Waals surface area contributed by atoms with Gasteiger partial charge in [0.05, 0.1) is 13.2 Å². The van der Waals surface area contributed by atoms with Crippen molar-refractivity contribution in [3.8, 4) is 0 Å². The fourth-order valence-corrected chi connectivity index (χ4v) is 7.37. The van der Waals surface area contributed by atoms with Crippen LogP contribution in [-0.2, 0) is 27.9 Å². The first kappa shape index (κ1) is 52.0. The molecule has 53 heavy (non-hydrogen) atoms. The molecule has 0 aromatic heterocycles. The van der Waals surface area contributed by atoms with Gasteiger partial charge in [0.2, 0.25) is 5.91 Å². The normalized spacial score (nSPS) is 13.2. The van der Waals surface area contributed by atoms with Gasteiger partial charge in [0, 0.05) is 19.4 Å². The first-order valence-electron chi connectivity index (χ1n) is 22.5. The van der Waals surface area contributed by atoms with Crippen LogP contribution in [0.1, 0.15) is 232 Å². The number of phosphoric acid groups is 1. The molecule has 0 aliphatic rings. The number of phosphoric ester groups is 1. The van der Waals surface area contributed by atoms with Gasteiger partial charge < -0.3 is 20.1 Å². The van der Waals surface area contributed by atoms with E-state index in [4.69, 9.17) is 13.8 Å². The number of hydrogen-bond donors (Lipinski definition) is 3. The molecule has 0 aromatic carbocycles. The molecule has 2 unspecified atom stereocenters. The van der Waals surface area contributed by atoms with Crippen molar-refractivity contribution in [2.45, 2.75) is 238 Å². The summed E-state index contributed by atoms with van der Waals surface area (Å²) in [4.78, 5) is 33.9. The summed E-state index contributed by atoms with van der Waals surface area (Å²) in [6.45, 7) is 3.59. The molecule has 0 radical (unpaired) electrons. The number of ether oxygens (including phenoxy) is 1. The minimum atomic E-state index is -4.41. The molecule has 0 saturated heterocycles. The maximum Gasteiger partial charge on any atom is 0.472 e.